The van der Waals surface area contributed by atoms with E-state index in [0.717, 1.165) is 18.4 Å². The lowest BCUT2D eigenvalue weighted by atomic mass is 9.91. The molecular formula is C20H35NO4Si. The van der Waals surface area contributed by atoms with Crippen LogP contribution in [0.1, 0.15) is 54.4 Å². The number of hydrogen-bond acceptors (Lipinski definition) is 4. The third kappa shape index (κ3) is 4.06. The number of amides is 2. The molecule has 5 nitrogen and oxygen atoms in total. The summed E-state index contributed by atoms with van der Waals surface area (Å²) in [5.74, 6) is -0.311. The van der Waals surface area contributed by atoms with Gasteiger partial charge in [0, 0.05) is 11.8 Å². The number of likely N-dealkylation sites (tertiary alicyclic amines) is 1. The molecule has 2 amide bonds. The van der Waals surface area contributed by atoms with E-state index in [2.05, 4.69) is 40.4 Å². The Hall–Kier alpha value is -1.14. The van der Waals surface area contributed by atoms with Gasteiger partial charge in [-0.05, 0) is 51.7 Å². The Kier molecular flexibility index (Phi) is 5.52. The van der Waals surface area contributed by atoms with Crippen LogP contribution in [-0.2, 0) is 14.0 Å². The highest BCUT2D eigenvalue weighted by Gasteiger charge is 2.55. The highest BCUT2D eigenvalue weighted by Crippen LogP contribution is 2.47. The van der Waals surface area contributed by atoms with Gasteiger partial charge in [-0.15, -0.1) is 0 Å². The molecule has 148 valence electrons. The maximum atomic E-state index is 12.9. The molecule has 0 aromatic carbocycles. The maximum Gasteiger partial charge on any atom is 0.417 e. The van der Waals surface area contributed by atoms with E-state index < -0.39 is 20.0 Å². The van der Waals surface area contributed by atoms with Crippen LogP contribution < -0.4 is 0 Å². The lowest BCUT2D eigenvalue weighted by Gasteiger charge is -2.38. The van der Waals surface area contributed by atoms with Gasteiger partial charge in [0.05, 0.1) is 12.6 Å². The number of imide groups is 1. The third-order valence-corrected chi connectivity index (χ3v) is 10.5. The molecule has 2 aliphatic rings. The highest BCUT2D eigenvalue weighted by molar-refractivity contribution is 6.74. The molecule has 26 heavy (non-hydrogen) atoms. The molecule has 3 atom stereocenters. The summed E-state index contributed by atoms with van der Waals surface area (Å²) in [6.07, 6.45) is 1.05. The normalized spacial score (nSPS) is 27.1. The van der Waals surface area contributed by atoms with Crippen molar-refractivity contribution in [3.8, 4) is 0 Å². The van der Waals surface area contributed by atoms with Gasteiger partial charge in [0.2, 0.25) is 5.91 Å². The Labute approximate surface area is 159 Å². The first-order valence-electron chi connectivity index (χ1n) is 9.53. The summed E-state index contributed by atoms with van der Waals surface area (Å²) < 4.78 is 11.9. The summed E-state index contributed by atoms with van der Waals surface area (Å²) in [7, 11) is -1.99. The monoisotopic (exact) mass is 381 g/mol. The first-order chi connectivity index (χ1) is 11.7. The number of carbonyl (C=O) groups is 2. The minimum Gasteiger partial charge on any atom is -0.443 e. The Morgan fingerprint density at radius 1 is 1.23 bits per heavy atom. The van der Waals surface area contributed by atoms with E-state index in [1.807, 2.05) is 20.8 Å². The zero-order valence-corrected chi connectivity index (χ0v) is 18.6. The van der Waals surface area contributed by atoms with Gasteiger partial charge in [-0.1, -0.05) is 32.9 Å². The summed E-state index contributed by atoms with van der Waals surface area (Å²) in [6.45, 7) is 20.9. The van der Waals surface area contributed by atoms with Gasteiger partial charge in [-0.2, -0.15) is 0 Å². The molecule has 0 bridgehead atoms. The number of rotatable bonds is 3. The van der Waals surface area contributed by atoms with E-state index in [4.69, 9.17) is 9.16 Å². The van der Waals surface area contributed by atoms with Crippen molar-refractivity contribution in [2.75, 3.05) is 6.61 Å². The topological polar surface area (TPSA) is 55.8 Å². The van der Waals surface area contributed by atoms with Crippen LogP contribution in [-0.4, -0.2) is 43.5 Å². The van der Waals surface area contributed by atoms with Crippen LogP contribution in [0.5, 0.6) is 0 Å². The fourth-order valence-electron chi connectivity index (χ4n) is 3.52. The zero-order chi connectivity index (χ0) is 20.1. The van der Waals surface area contributed by atoms with Crippen molar-refractivity contribution in [1.29, 1.82) is 0 Å². The molecule has 0 unspecified atom stereocenters. The molecule has 1 aliphatic heterocycles. The molecule has 0 N–H and O–H groups in total. The average molecular weight is 382 g/mol. The molecule has 1 heterocycles. The van der Waals surface area contributed by atoms with Crippen LogP contribution in [0.2, 0.25) is 18.1 Å². The Balaban J connectivity index is 2.26. The number of nitrogens with zero attached hydrogens (tertiary/aromatic N) is 1. The molecule has 0 spiro atoms. The van der Waals surface area contributed by atoms with Crippen LogP contribution in [0.25, 0.3) is 0 Å². The average Bonchev–Trinajstić information content (AvgIpc) is 2.93. The summed E-state index contributed by atoms with van der Waals surface area (Å²) in [5.41, 5.74) is 0.412. The van der Waals surface area contributed by atoms with Gasteiger partial charge >= 0.3 is 6.09 Å². The van der Waals surface area contributed by atoms with Gasteiger partial charge in [0.25, 0.3) is 0 Å². The molecule has 0 aromatic rings. The van der Waals surface area contributed by atoms with E-state index in [-0.39, 0.29) is 28.8 Å². The summed E-state index contributed by atoms with van der Waals surface area (Å²) >= 11 is 0. The third-order valence-electron chi connectivity index (χ3n) is 5.99. The highest BCUT2D eigenvalue weighted by atomic mass is 28.4. The first kappa shape index (κ1) is 21.2. The second-order valence-corrected chi connectivity index (χ2v) is 15.0. The standard InChI is InChI=1S/C20H35NO4Si/c1-13-10-11-14-16(13)15(12-24-26(8,9)20(5,6)7)21(17(14)22)18(23)25-19(2,3)4/h14-16H,1,10-12H2,2-9H3/t14-,15-,16+/m1/s1. The Bertz CT molecular complexity index is 600. The van der Waals surface area contributed by atoms with Gasteiger partial charge in [-0.3, -0.25) is 4.79 Å². The van der Waals surface area contributed by atoms with Gasteiger partial charge in [-0.25, -0.2) is 9.69 Å². The van der Waals surface area contributed by atoms with Crippen molar-refractivity contribution in [1.82, 2.24) is 4.90 Å². The van der Waals surface area contributed by atoms with Crippen molar-refractivity contribution in [3.63, 3.8) is 0 Å². The second-order valence-electron chi connectivity index (χ2n) is 10.2. The van der Waals surface area contributed by atoms with Gasteiger partial charge in [0.1, 0.15) is 5.60 Å². The van der Waals surface area contributed by atoms with Gasteiger partial charge < -0.3 is 9.16 Å². The van der Waals surface area contributed by atoms with Crippen molar-refractivity contribution in [3.05, 3.63) is 12.2 Å². The molecule has 6 heteroatoms. The first-order valence-corrected chi connectivity index (χ1v) is 12.4. The molecular weight excluding hydrogens is 346 g/mol. The van der Waals surface area contributed by atoms with E-state index in [0.29, 0.717) is 6.61 Å². The molecule has 2 rings (SSSR count). The molecule has 2 fully saturated rings. The van der Waals surface area contributed by atoms with Crippen molar-refractivity contribution >= 4 is 20.3 Å². The smallest absolute Gasteiger partial charge is 0.417 e. The summed E-state index contributed by atoms with van der Waals surface area (Å²) in [5, 5.41) is 0.0679. The minimum atomic E-state index is -1.99. The zero-order valence-electron chi connectivity index (χ0n) is 17.6. The number of hydrogen-bond donors (Lipinski definition) is 0. The van der Waals surface area contributed by atoms with E-state index >= 15 is 0 Å². The van der Waals surface area contributed by atoms with Crippen LogP contribution in [0, 0.1) is 11.8 Å². The minimum absolute atomic E-state index is 0.0141. The fourth-order valence-corrected chi connectivity index (χ4v) is 4.54. The Morgan fingerprint density at radius 3 is 2.31 bits per heavy atom. The second kappa shape index (κ2) is 6.79. The van der Waals surface area contributed by atoms with Crippen molar-refractivity contribution < 1.29 is 18.8 Å². The predicted octanol–water partition coefficient (Wildman–Crippen LogP) is 4.74. The van der Waals surface area contributed by atoms with Crippen LogP contribution in [0.3, 0.4) is 0 Å². The summed E-state index contributed by atoms with van der Waals surface area (Å²) in [4.78, 5) is 27.0. The molecule has 0 radical (unpaired) electrons. The van der Waals surface area contributed by atoms with E-state index in [1.165, 1.54) is 4.90 Å². The van der Waals surface area contributed by atoms with Crippen molar-refractivity contribution in [2.45, 2.75) is 84.2 Å². The molecule has 0 aromatic heterocycles. The fraction of sp³-hybridized carbons (Fsp3) is 0.800. The molecule has 1 saturated carbocycles. The summed E-state index contributed by atoms with van der Waals surface area (Å²) in [6, 6.07) is -0.313. The lowest BCUT2D eigenvalue weighted by molar-refractivity contribution is -0.131. The quantitative estimate of drug-likeness (QED) is 0.523. The maximum absolute atomic E-state index is 12.9. The largest absolute Gasteiger partial charge is 0.443 e. The molecule has 1 aliphatic carbocycles. The molecule has 1 saturated heterocycles. The van der Waals surface area contributed by atoms with Crippen LogP contribution in [0.4, 0.5) is 4.79 Å². The predicted molar refractivity (Wildman–Crippen MR) is 105 cm³/mol. The van der Waals surface area contributed by atoms with Crippen LogP contribution >= 0.6 is 0 Å². The number of ether oxygens (including phenoxy) is 1. The van der Waals surface area contributed by atoms with Crippen LogP contribution in [0.15, 0.2) is 12.2 Å². The van der Waals surface area contributed by atoms with E-state index in [9.17, 15) is 9.59 Å². The number of carbonyl (C=O) groups excluding carboxylic acids is 2. The van der Waals surface area contributed by atoms with E-state index in [1.54, 1.807) is 0 Å². The lowest BCUT2D eigenvalue weighted by Crippen LogP contribution is -2.49. The van der Waals surface area contributed by atoms with Gasteiger partial charge in [0.15, 0.2) is 8.32 Å². The Morgan fingerprint density at radius 2 is 1.81 bits per heavy atom. The van der Waals surface area contributed by atoms with Crippen molar-refractivity contribution in [2.24, 2.45) is 11.8 Å². The number of fused-ring (bicyclic) bond motifs is 1. The SMILES string of the molecule is C=C1CC[C@H]2C(=O)N(C(=O)OC(C)(C)C)[C@H](CO[Si](C)(C)C(C)(C)C)[C@@H]12.